The Morgan fingerprint density at radius 3 is 2.50 bits per heavy atom. The Kier molecular flexibility index (Phi) is 4.71. The summed E-state index contributed by atoms with van der Waals surface area (Å²) in [4.78, 5) is 21.8. The smallest absolute Gasteiger partial charge is 0.406 e. The molecule has 0 saturated heterocycles. The first-order valence-corrected chi connectivity index (χ1v) is 7.76. The molecule has 1 aromatic heterocycles. The molecule has 6 nitrogen and oxygen atoms in total. The number of benzene rings is 1. The highest BCUT2D eigenvalue weighted by atomic mass is 19.4. The maximum absolute atomic E-state index is 13.7. The van der Waals surface area contributed by atoms with Crippen LogP contribution in [0.2, 0.25) is 0 Å². The molecule has 1 aliphatic heterocycles. The predicted molar refractivity (Wildman–Crippen MR) is 86.5 cm³/mol. The Bertz CT molecular complexity index is 812. The van der Waals surface area contributed by atoms with Crippen molar-refractivity contribution in [2.24, 2.45) is 0 Å². The lowest BCUT2D eigenvalue weighted by Crippen LogP contribution is -2.31. The topological polar surface area (TPSA) is 64.6 Å². The molecule has 1 atom stereocenters. The number of ether oxygens (including phenoxy) is 2. The van der Waals surface area contributed by atoms with Crippen molar-refractivity contribution >= 4 is 17.6 Å². The van der Waals surface area contributed by atoms with Crippen LogP contribution in [0, 0.1) is 0 Å². The van der Waals surface area contributed by atoms with Gasteiger partial charge in [-0.2, -0.15) is 13.2 Å². The van der Waals surface area contributed by atoms with E-state index in [4.69, 9.17) is 4.74 Å². The minimum absolute atomic E-state index is 0.233. The molecule has 0 spiro atoms. The molecule has 1 aromatic carbocycles. The number of alkyl halides is 3. The van der Waals surface area contributed by atoms with Crippen molar-refractivity contribution in [2.75, 3.05) is 25.7 Å². The maximum Gasteiger partial charge on any atom is 0.406 e. The average molecular weight is 367 g/mol. The summed E-state index contributed by atoms with van der Waals surface area (Å²) in [5.41, 5.74) is 0.665. The molecule has 0 aliphatic carbocycles. The minimum atomic E-state index is -4.82. The number of nitrogens with zero attached hydrogens (tertiary/aromatic N) is 3. The summed E-state index contributed by atoms with van der Waals surface area (Å²) < 4.78 is 50.6. The molecule has 0 bridgehead atoms. The zero-order chi connectivity index (χ0) is 18.9. The van der Waals surface area contributed by atoms with Crippen LogP contribution in [0.3, 0.4) is 0 Å². The van der Waals surface area contributed by atoms with Gasteiger partial charge in [-0.1, -0.05) is 0 Å². The monoisotopic (exact) mass is 367 g/mol. The van der Waals surface area contributed by atoms with Gasteiger partial charge in [-0.15, -0.1) is 0 Å². The van der Waals surface area contributed by atoms with Gasteiger partial charge in [0, 0.05) is 24.5 Å². The molecule has 2 aromatic rings. The summed E-state index contributed by atoms with van der Waals surface area (Å²) in [7, 11) is 2.29. The van der Waals surface area contributed by atoms with Gasteiger partial charge in [0.05, 0.1) is 19.9 Å². The van der Waals surface area contributed by atoms with Crippen molar-refractivity contribution in [3.8, 4) is 5.75 Å². The zero-order valence-corrected chi connectivity index (χ0v) is 14.1. The number of aromatic nitrogens is 2. The fourth-order valence-corrected chi connectivity index (χ4v) is 3.08. The van der Waals surface area contributed by atoms with Gasteiger partial charge in [0.25, 0.3) is 0 Å². The molecule has 0 saturated carbocycles. The minimum Gasteiger partial charge on any atom is -0.497 e. The van der Waals surface area contributed by atoms with E-state index in [1.54, 1.807) is 17.0 Å². The van der Waals surface area contributed by atoms with E-state index in [9.17, 15) is 18.0 Å². The van der Waals surface area contributed by atoms with Crippen LogP contribution in [0.5, 0.6) is 5.75 Å². The lowest BCUT2D eigenvalue weighted by molar-refractivity contribution is -0.179. The van der Waals surface area contributed by atoms with E-state index in [1.807, 2.05) is 0 Å². The molecule has 0 N–H and O–H groups in total. The summed E-state index contributed by atoms with van der Waals surface area (Å²) in [5.74, 6) is -3.30. The van der Waals surface area contributed by atoms with Crippen LogP contribution in [0.25, 0.3) is 0 Å². The normalized spacial score (nSPS) is 14.7. The number of fused-ring (bicyclic) bond motifs is 1. The van der Waals surface area contributed by atoms with E-state index < -0.39 is 18.1 Å². The Hall–Kier alpha value is -2.84. The van der Waals surface area contributed by atoms with Crippen molar-refractivity contribution in [1.29, 1.82) is 0 Å². The first-order valence-electron chi connectivity index (χ1n) is 7.76. The third-order valence-corrected chi connectivity index (χ3v) is 4.17. The van der Waals surface area contributed by atoms with Crippen LogP contribution in [-0.2, 0) is 16.0 Å². The quantitative estimate of drug-likeness (QED) is 0.774. The van der Waals surface area contributed by atoms with Crippen molar-refractivity contribution in [2.45, 2.75) is 18.5 Å². The number of esters is 1. The van der Waals surface area contributed by atoms with Gasteiger partial charge < -0.3 is 14.4 Å². The molecule has 2 heterocycles. The summed E-state index contributed by atoms with van der Waals surface area (Å²) in [6.45, 7) is 0.394. The van der Waals surface area contributed by atoms with E-state index >= 15 is 0 Å². The number of halogens is 3. The SMILES string of the molecule is COC(=O)C(c1cc(OC)cc2c1N(c1ncccn1)CC2)C(F)(F)F. The van der Waals surface area contributed by atoms with E-state index in [2.05, 4.69) is 14.7 Å². The highest BCUT2D eigenvalue weighted by Gasteiger charge is 2.49. The van der Waals surface area contributed by atoms with Gasteiger partial charge in [0.15, 0.2) is 5.92 Å². The van der Waals surface area contributed by atoms with Crippen LogP contribution in [0.15, 0.2) is 30.6 Å². The summed E-state index contributed by atoms with van der Waals surface area (Å²) in [5, 5.41) is 0. The van der Waals surface area contributed by atoms with Crippen molar-refractivity contribution < 1.29 is 27.4 Å². The van der Waals surface area contributed by atoms with Gasteiger partial charge in [-0.25, -0.2) is 9.97 Å². The summed E-state index contributed by atoms with van der Waals surface area (Å²) in [6.07, 6.45) is -1.33. The molecule has 138 valence electrons. The third-order valence-electron chi connectivity index (χ3n) is 4.17. The zero-order valence-electron chi connectivity index (χ0n) is 14.1. The Balaban J connectivity index is 2.22. The molecule has 1 aliphatic rings. The van der Waals surface area contributed by atoms with E-state index in [0.29, 0.717) is 18.5 Å². The largest absolute Gasteiger partial charge is 0.497 e. The molecule has 0 fully saturated rings. The number of carbonyl (C=O) groups is 1. The fourth-order valence-electron chi connectivity index (χ4n) is 3.08. The Morgan fingerprint density at radius 1 is 1.23 bits per heavy atom. The van der Waals surface area contributed by atoms with Crippen molar-refractivity contribution in [3.63, 3.8) is 0 Å². The first kappa shape index (κ1) is 18.0. The second kappa shape index (κ2) is 6.81. The number of hydrogen-bond acceptors (Lipinski definition) is 6. The number of carbonyl (C=O) groups excluding carboxylic acids is 1. The number of methoxy groups -OCH3 is 2. The summed E-state index contributed by atoms with van der Waals surface area (Å²) in [6, 6.07) is 4.49. The maximum atomic E-state index is 13.7. The van der Waals surface area contributed by atoms with Crippen LogP contribution in [-0.4, -0.2) is 42.9 Å². The molecule has 3 rings (SSSR count). The number of anilines is 2. The van der Waals surface area contributed by atoms with Crippen LogP contribution >= 0.6 is 0 Å². The lowest BCUT2D eigenvalue weighted by atomic mass is 9.93. The molecular formula is C17H16F3N3O3. The van der Waals surface area contributed by atoms with Crippen LogP contribution in [0.1, 0.15) is 17.0 Å². The van der Waals surface area contributed by atoms with Crippen LogP contribution in [0.4, 0.5) is 24.8 Å². The van der Waals surface area contributed by atoms with E-state index in [1.165, 1.54) is 25.6 Å². The molecule has 9 heteroatoms. The van der Waals surface area contributed by atoms with Crippen molar-refractivity contribution in [1.82, 2.24) is 9.97 Å². The highest BCUT2D eigenvalue weighted by molar-refractivity contribution is 5.84. The van der Waals surface area contributed by atoms with E-state index in [0.717, 1.165) is 7.11 Å². The Morgan fingerprint density at radius 2 is 1.92 bits per heavy atom. The molecule has 26 heavy (non-hydrogen) atoms. The second-order valence-corrected chi connectivity index (χ2v) is 5.67. The van der Waals surface area contributed by atoms with Gasteiger partial charge in [0.1, 0.15) is 5.75 Å². The number of rotatable bonds is 4. The Labute approximate surface area is 147 Å². The average Bonchev–Trinajstić information content (AvgIpc) is 3.05. The van der Waals surface area contributed by atoms with Gasteiger partial charge >= 0.3 is 12.1 Å². The van der Waals surface area contributed by atoms with Gasteiger partial charge in [-0.05, 0) is 30.2 Å². The first-order chi connectivity index (χ1) is 12.4. The highest BCUT2D eigenvalue weighted by Crippen LogP contribution is 2.46. The van der Waals surface area contributed by atoms with Crippen molar-refractivity contribution in [3.05, 3.63) is 41.7 Å². The number of hydrogen-bond donors (Lipinski definition) is 0. The molecular weight excluding hydrogens is 351 g/mol. The van der Waals surface area contributed by atoms with Crippen LogP contribution < -0.4 is 9.64 Å². The van der Waals surface area contributed by atoms with Gasteiger partial charge in [0.2, 0.25) is 5.95 Å². The lowest BCUT2D eigenvalue weighted by Gasteiger charge is -2.25. The van der Waals surface area contributed by atoms with E-state index in [-0.39, 0.29) is 22.9 Å². The fraction of sp³-hybridized carbons (Fsp3) is 0.353. The molecule has 0 amide bonds. The van der Waals surface area contributed by atoms with Gasteiger partial charge in [-0.3, -0.25) is 4.79 Å². The standard InChI is InChI=1S/C17H16F3N3O3/c1-25-11-8-10-4-7-23(16-21-5-3-6-22-16)14(10)12(9-11)13(15(24)26-2)17(18,19)20/h3,5-6,8-9,13H,4,7H2,1-2H3. The predicted octanol–water partition coefficient (Wildman–Crippen LogP) is 3.00. The summed E-state index contributed by atoms with van der Waals surface area (Å²) >= 11 is 0. The second-order valence-electron chi connectivity index (χ2n) is 5.67. The molecule has 0 radical (unpaired) electrons. The molecule has 1 unspecified atom stereocenters. The third kappa shape index (κ3) is 3.16.